The van der Waals surface area contributed by atoms with Gasteiger partial charge in [-0.15, -0.1) is 0 Å². The van der Waals surface area contributed by atoms with Gasteiger partial charge >= 0.3 is 5.97 Å². The number of carbonyl (C=O) groups excluding carboxylic acids is 3. The molecule has 0 spiro atoms. The van der Waals surface area contributed by atoms with Crippen LogP contribution in [0.15, 0.2) is 0 Å². The van der Waals surface area contributed by atoms with Crippen molar-refractivity contribution in [2.75, 3.05) is 7.11 Å². The number of carbonyl (C=O) groups is 3. The van der Waals surface area contributed by atoms with Crippen LogP contribution >= 0.6 is 0 Å². The lowest BCUT2D eigenvalue weighted by Crippen LogP contribution is -2.46. The molecule has 0 aliphatic heterocycles. The minimum atomic E-state index is -0.806. The predicted octanol–water partition coefficient (Wildman–Crippen LogP) is -0.111. The topological polar surface area (TPSA) is 72.5 Å². The highest BCUT2D eigenvalue weighted by molar-refractivity contribution is 5.91. The van der Waals surface area contributed by atoms with E-state index < -0.39 is 17.9 Å². The number of ketones is 1. The molecule has 0 radical (unpaired) electrons. The van der Waals surface area contributed by atoms with Gasteiger partial charge in [0.15, 0.2) is 5.78 Å². The third kappa shape index (κ3) is 3.55. The molecule has 0 aromatic rings. The Morgan fingerprint density at radius 2 is 1.71 bits per heavy atom. The molecule has 80 valence electrons. The molecule has 1 amide bonds. The van der Waals surface area contributed by atoms with Crippen LogP contribution in [-0.4, -0.2) is 30.8 Å². The molecule has 0 aromatic heterocycles. The molecule has 0 aliphatic rings. The van der Waals surface area contributed by atoms with E-state index in [0.717, 1.165) is 0 Å². The maximum absolute atomic E-state index is 11.1. The van der Waals surface area contributed by atoms with Gasteiger partial charge in [0.05, 0.1) is 13.0 Å². The average molecular weight is 201 g/mol. The van der Waals surface area contributed by atoms with Gasteiger partial charge in [0.2, 0.25) is 5.91 Å². The Hall–Kier alpha value is -1.39. The van der Waals surface area contributed by atoms with Crippen molar-refractivity contribution in [2.45, 2.75) is 26.8 Å². The first kappa shape index (κ1) is 12.6. The number of Topliss-reactive ketones (excluding diaryl/α,β-unsaturated/α-hetero) is 1. The van der Waals surface area contributed by atoms with Crippen LogP contribution < -0.4 is 5.32 Å². The number of nitrogens with one attached hydrogen (secondary N) is 1. The molecular formula is C9H15NO4. The quantitative estimate of drug-likeness (QED) is 0.644. The molecule has 0 saturated heterocycles. The van der Waals surface area contributed by atoms with Crippen LogP contribution in [-0.2, 0) is 19.1 Å². The third-order valence-electron chi connectivity index (χ3n) is 1.87. The van der Waals surface area contributed by atoms with Crippen LogP contribution in [0.1, 0.15) is 20.8 Å². The number of esters is 1. The van der Waals surface area contributed by atoms with Gasteiger partial charge in [-0.25, -0.2) is 0 Å². The van der Waals surface area contributed by atoms with Crippen molar-refractivity contribution in [1.29, 1.82) is 0 Å². The molecule has 5 heteroatoms. The van der Waals surface area contributed by atoms with E-state index in [1.165, 1.54) is 27.9 Å². The number of amides is 1. The molecule has 0 heterocycles. The Labute approximate surface area is 82.8 Å². The van der Waals surface area contributed by atoms with Crippen molar-refractivity contribution in [3.8, 4) is 0 Å². The lowest BCUT2D eigenvalue weighted by Gasteiger charge is -2.19. The summed E-state index contributed by atoms with van der Waals surface area (Å²) in [5.41, 5.74) is 0. The number of hydrogen-bond acceptors (Lipinski definition) is 4. The van der Waals surface area contributed by atoms with Crippen LogP contribution in [0.2, 0.25) is 0 Å². The van der Waals surface area contributed by atoms with Gasteiger partial charge in [-0.05, 0) is 13.8 Å². The number of ether oxygens (including phenoxy) is 1. The fourth-order valence-corrected chi connectivity index (χ4v) is 1.12. The van der Waals surface area contributed by atoms with Gasteiger partial charge in [-0.1, -0.05) is 0 Å². The zero-order valence-corrected chi connectivity index (χ0v) is 8.79. The zero-order chi connectivity index (χ0) is 11.3. The maximum Gasteiger partial charge on any atom is 0.310 e. The molecule has 5 nitrogen and oxygen atoms in total. The van der Waals surface area contributed by atoms with E-state index in [2.05, 4.69) is 10.1 Å². The normalized spacial score (nSPS) is 14.0. The van der Waals surface area contributed by atoms with E-state index >= 15 is 0 Å². The molecule has 0 aromatic carbocycles. The molecule has 1 N–H and O–H groups in total. The van der Waals surface area contributed by atoms with Gasteiger partial charge in [0.25, 0.3) is 0 Å². The molecule has 2 atom stereocenters. The molecule has 14 heavy (non-hydrogen) atoms. The minimum absolute atomic E-state index is 0.266. The lowest BCUT2D eigenvalue weighted by atomic mass is 9.99. The molecule has 0 aliphatic carbocycles. The molecule has 0 saturated carbocycles. The summed E-state index contributed by atoms with van der Waals surface area (Å²) in [5.74, 6) is -1.79. The number of rotatable bonds is 4. The highest BCUT2D eigenvalue weighted by atomic mass is 16.5. The smallest absolute Gasteiger partial charge is 0.310 e. The van der Waals surface area contributed by atoms with Crippen LogP contribution in [0, 0.1) is 5.92 Å². The second-order valence-electron chi connectivity index (χ2n) is 3.10. The lowest BCUT2D eigenvalue weighted by molar-refractivity contribution is -0.148. The number of hydrogen-bond donors (Lipinski definition) is 1. The van der Waals surface area contributed by atoms with E-state index in [1.54, 1.807) is 0 Å². The standard InChI is InChI=1S/C9H15NO4/c1-5(9(13)14-4)8(6(2)11)10-7(3)12/h5,8H,1-4H3,(H,10,12). The van der Waals surface area contributed by atoms with Gasteiger partial charge in [-0.3, -0.25) is 14.4 Å². The zero-order valence-electron chi connectivity index (χ0n) is 8.79. The second kappa shape index (κ2) is 5.36. The van der Waals surface area contributed by atoms with Gasteiger partial charge < -0.3 is 10.1 Å². The summed E-state index contributed by atoms with van der Waals surface area (Å²) in [6.07, 6.45) is 0. The van der Waals surface area contributed by atoms with E-state index in [4.69, 9.17) is 0 Å². The van der Waals surface area contributed by atoms with Crippen molar-refractivity contribution in [3.05, 3.63) is 0 Å². The Morgan fingerprint density at radius 1 is 1.21 bits per heavy atom. The second-order valence-corrected chi connectivity index (χ2v) is 3.10. The Morgan fingerprint density at radius 3 is 2.00 bits per heavy atom. The van der Waals surface area contributed by atoms with E-state index in [-0.39, 0.29) is 11.7 Å². The highest BCUT2D eigenvalue weighted by Crippen LogP contribution is 2.06. The minimum Gasteiger partial charge on any atom is -0.469 e. The number of methoxy groups -OCH3 is 1. The average Bonchev–Trinajstić information content (AvgIpc) is 2.11. The van der Waals surface area contributed by atoms with Gasteiger partial charge in [-0.2, -0.15) is 0 Å². The Bertz CT molecular complexity index is 249. The van der Waals surface area contributed by atoms with Crippen LogP contribution in [0.5, 0.6) is 0 Å². The first-order valence-electron chi connectivity index (χ1n) is 4.25. The predicted molar refractivity (Wildman–Crippen MR) is 49.5 cm³/mol. The Kier molecular flexibility index (Phi) is 4.83. The summed E-state index contributed by atoms with van der Waals surface area (Å²) >= 11 is 0. The summed E-state index contributed by atoms with van der Waals surface area (Å²) in [6.45, 7) is 4.15. The molecule has 0 fully saturated rings. The summed E-state index contributed by atoms with van der Waals surface area (Å²) in [7, 11) is 1.24. The van der Waals surface area contributed by atoms with Crippen molar-refractivity contribution < 1.29 is 19.1 Å². The fourth-order valence-electron chi connectivity index (χ4n) is 1.12. The third-order valence-corrected chi connectivity index (χ3v) is 1.87. The van der Waals surface area contributed by atoms with Crippen molar-refractivity contribution >= 4 is 17.7 Å². The summed E-state index contributed by atoms with van der Waals surface area (Å²) < 4.78 is 4.48. The SMILES string of the molecule is COC(=O)C(C)C(NC(C)=O)C(C)=O. The van der Waals surface area contributed by atoms with E-state index in [1.807, 2.05) is 0 Å². The summed E-state index contributed by atoms with van der Waals surface area (Å²) in [5, 5.41) is 2.41. The monoisotopic (exact) mass is 201 g/mol. The summed E-state index contributed by atoms with van der Waals surface area (Å²) in [6, 6.07) is -0.806. The Balaban J connectivity index is 4.56. The van der Waals surface area contributed by atoms with Crippen molar-refractivity contribution in [1.82, 2.24) is 5.32 Å². The van der Waals surface area contributed by atoms with E-state index in [9.17, 15) is 14.4 Å². The highest BCUT2D eigenvalue weighted by Gasteiger charge is 2.28. The molecular weight excluding hydrogens is 186 g/mol. The van der Waals surface area contributed by atoms with Crippen molar-refractivity contribution in [2.24, 2.45) is 5.92 Å². The van der Waals surface area contributed by atoms with Gasteiger partial charge in [0.1, 0.15) is 6.04 Å². The summed E-state index contributed by atoms with van der Waals surface area (Å²) in [4.78, 5) is 33.0. The van der Waals surface area contributed by atoms with Crippen LogP contribution in [0.3, 0.4) is 0 Å². The largest absolute Gasteiger partial charge is 0.469 e. The fraction of sp³-hybridized carbons (Fsp3) is 0.667. The first-order chi connectivity index (χ1) is 6.40. The molecule has 0 rings (SSSR count). The van der Waals surface area contributed by atoms with Gasteiger partial charge in [0, 0.05) is 6.92 Å². The van der Waals surface area contributed by atoms with Crippen LogP contribution in [0.4, 0.5) is 0 Å². The van der Waals surface area contributed by atoms with E-state index in [0.29, 0.717) is 0 Å². The van der Waals surface area contributed by atoms with Crippen LogP contribution in [0.25, 0.3) is 0 Å². The molecule has 2 unspecified atom stereocenters. The van der Waals surface area contributed by atoms with Crippen molar-refractivity contribution in [3.63, 3.8) is 0 Å². The molecule has 0 bridgehead atoms. The maximum atomic E-state index is 11.1. The first-order valence-corrected chi connectivity index (χ1v) is 4.25.